The van der Waals surface area contributed by atoms with E-state index in [9.17, 15) is 9.59 Å². The van der Waals surface area contributed by atoms with E-state index < -0.39 is 0 Å². The highest BCUT2D eigenvalue weighted by Crippen LogP contribution is 2.26. The van der Waals surface area contributed by atoms with E-state index in [4.69, 9.17) is 15.9 Å². The Balaban J connectivity index is 1.55. The van der Waals surface area contributed by atoms with Crippen molar-refractivity contribution in [2.75, 3.05) is 18.5 Å². The van der Waals surface area contributed by atoms with Crippen molar-refractivity contribution in [1.29, 1.82) is 0 Å². The minimum absolute atomic E-state index is 0.00378. The molecule has 0 radical (unpaired) electrons. The van der Waals surface area contributed by atoms with Crippen LogP contribution in [0.1, 0.15) is 25.3 Å². The third-order valence-corrected chi connectivity index (χ3v) is 4.65. The molecule has 7 nitrogen and oxygen atoms in total. The van der Waals surface area contributed by atoms with E-state index in [0.717, 1.165) is 16.5 Å². The number of nitrogens with one attached hydrogen (secondary N) is 2. The molecule has 0 atom stereocenters. The number of benzene rings is 3. The molecule has 0 aliphatic rings. The Morgan fingerprint density at radius 2 is 1.76 bits per heavy atom. The molecule has 0 aliphatic carbocycles. The first-order valence-electron chi connectivity index (χ1n) is 10.5. The van der Waals surface area contributed by atoms with Crippen LogP contribution in [0.25, 0.3) is 10.8 Å². The van der Waals surface area contributed by atoms with Crippen LogP contribution in [0.5, 0.6) is 11.5 Å². The predicted octanol–water partition coefficient (Wildman–Crippen LogP) is 4.12. The van der Waals surface area contributed by atoms with E-state index in [1.807, 2.05) is 43.3 Å². The fraction of sp³-hybridized carbons (Fsp3) is 0.192. The van der Waals surface area contributed by atoms with Crippen LogP contribution in [0.15, 0.2) is 65.8 Å². The van der Waals surface area contributed by atoms with Gasteiger partial charge in [-0.3, -0.25) is 9.59 Å². The van der Waals surface area contributed by atoms with Gasteiger partial charge < -0.3 is 14.8 Å². The lowest BCUT2D eigenvalue weighted by molar-refractivity contribution is -0.124. The standard InChI is InChI=1S/C26H25N3O4/c1-3-17-33-24-14-9-19-7-5-6-8-22(19)23(24)18-27-29-26(31)16-15-25(30)28-20-10-12-21(13-11-20)32-4-2/h1,5-14,18H,4,15-17H2,2H3,(H,28,30)(H,29,31). The number of fused-ring (bicyclic) bond motifs is 1. The highest BCUT2D eigenvalue weighted by molar-refractivity contribution is 6.02. The van der Waals surface area contributed by atoms with Gasteiger partial charge in [0, 0.05) is 24.1 Å². The maximum Gasteiger partial charge on any atom is 0.240 e. The molecule has 0 bridgehead atoms. The number of rotatable bonds is 10. The minimum atomic E-state index is -0.376. The SMILES string of the molecule is C#CCOc1ccc2ccccc2c1C=NNC(=O)CCC(=O)Nc1ccc(OCC)cc1. The third-order valence-electron chi connectivity index (χ3n) is 4.65. The Bertz CT molecular complexity index is 1180. The van der Waals surface area contributed by atoms with E-state index in [-0.39, 0.29) is 31.3 Å². The molecule has 0 fully saturated rings. The molecule has 7 heteroatoms. The largest absolute Gasteiger partial charge is 0.494 e. The zero-order chi connectivity index (χ0) is 23.5. The summed E-state index contributed by atoms with van der Waals surface area (Å²) in [5.41, 5.74) is 3.80. The van der Waals surface area contributed by atoms with Gasteiger partial charge in [-0.15, -0.1) is 6.42 Å². The summed E-state index contributed by atoms with van der Waals surface area (Å²) >= 11 is 0. The van der Waals surface area contributed by atoms with Crippen LogP contribution in [-0.2, 0) is 9.59 Å². The molecular weight excluding hydrogens is 418 g/mol. The predicted molar refractivity (Wildman–Crippen MR) is 129 cm³/mol. The lowest BCUT2D eigenvalue weighted by Gasteiger charge is -2.10. The van der Waals surface area contributed by atoms with Crippen LogP contribution >= 0.6 is 0 Å². The Kier molecular flexibility index (Phi) is 8.43. The normalized spacial score (nSPS) is 10.5. The first kappa shape index (κ1) is 23.4. The maximum absolute atomic E-state index is 12.1. The number of hydrogen-bond donors (Lipinski definition) is 2. The quantitative estimate of drug-likeness (QED) is 0.280. The van der Waals surface area contributed by atoms with Crippen molar-refractivity contribution in [3.8, 4) is 23.8 Å². The molecule has 3 aromatic carbocycles. The van der Waals surface area contributed by atoms with Crippen LogP contribution in [0.3, 0.4) is 0 Å². The maximum atomic E-state index is 12.1. The molecule has 0 aliphatic heterocycles. The highest BCUT2D eigenvalue weighted by atomic mass is 16.5. The number of carbonyl (C=O) groups is 2. The van der Waals surface area contributed by atoms with Gasteiger partial charge in [0.05, 0.1) is 12.8 Å². The Morgan fingerprint density at radius 3 is 2.52 bits per heavy atom. The molecule has 33 heavy (non-hydrogen) atoms. The van der Waals surface area contributed by atoms with Crippen molar-refractivity contribution in [2.45, 2.75) is 19.8 Å². The molecule has 0 aromatic heterocycles. The lowest BCUT2D eigenvalue weighted by atomic mass is 10.0. The summed E-state index contributed by atoms with van der Waals surface area (Å²) in [6.07, 6.45) is 6.84. The molecule has 0 spiro atoms. The third kappa shape index (κ3) is 6.84. The molecule has 3 aromatic rings. The zero-order valence-electron chi connectivity index (χ0n) is 18.3. The molecule has 0 heterocycles. The summed E-state index contributed by atoms with van der Waals surface area (Å²) in [6, 6.07) is 18.5. The van der Waals surface area contributed by atoms with E-state index in [1.165, 1.54) is 6.21 Å². The van der Waals surface area contributed by atoms with Crippen molar-refractivity contribution in [2.24, 2.45) is 5.10 Å². The Morgan fingerprint density at radius 1 is 1.00 bits per heavy atom. The van der Waals surface area contributed by atoms with Gasteiger partial charge in [0.1, 0.15) is 18.1 Å². The number of terminal acetylenes is 1. The second-order valence-electron chi connectivity index (χ2n) is 6.99. The van der Waals surface area contributed by atoms with Gasteiger partial charge in [-0.1, -0.05) is 36.3 Å². The van der Waals surface area contributed by atoms with Crippen molar-refractivity contribution in [1.82, 2.24) is 5.43 Å². The molecular formula is C26H25N3O4. The number of hydrogen-bond acceptors (Lipinski definition) is 5. The first-order valence-corrected chi connectivity index (χ1v) is 10.5. The summed E-state index contributed by atoms with van der Waals surface area (Å²) < 4.78 is 11.0. The second-order valence-corrected chi connectivity index (χ2v) is 6.99. The number of amides is 2. The molecule has 3 rings (SSSR count). The van der Waals surface area contributed by atoms with E-state index in [2.05, 4.69) is 21.8 Å². The number of anilines is 1. The van der Waals surface area contributed by atoms with E-state index >= 15 is 0 Å². The van der Waals surface area contributed by atoms with Crippen molar-refractivity contribution in [3.63, 3.8) is 0 Å². The van der Waals surface area contributed by atoms with E-state index in [0.29, 0.717) is 23.6 Å². The summed E-state index contributed by atoms with van der Waals surface area (Å²) in [4.78, 5) is 24.3. The van der Waals surface area contributed by atoms with Crippen molar-refractivity contribution >= 4 is 34.5 Å². The van der Waals surface area contributed by atoms with Gasteiger partial charge in [0.15, 0.2) is 0 Å². The fourth-order valence-electron chi connectivity index (χ4n) is 3.13. The molecule has 2 amide bonds. The smallest absolute Gasteiger partial charge is 0.240 e. The Labute approximate surface area is 192 Å². The van der Waals surface area contributed by atoms with Crippen molar-refractivity contribution < 1.29 is 19.1 Å². The number of hydrazone groups is 1. The summed E-state index contributed by atoms with van der Waals surface area (Å²) in [6.45, 7) is 2.59. The lowest BCUT2D eigenvalue weighted by Crippen LogP contribution is -2.20. The molecule has 0 unspecified atom stereocenters. The topological polar surface area (TPSA) is 89.0 Å². The fourth-order valence-corrected chi connectivity index (χ4v) is 3.13. The first-order chi connectivity index (χ1) is 16.1. The monoisotopic (exact) mass is 443 g/mol. The van der Waals surface area contributed by atoms with Gasteiger partial charge in [-0.25, -0.2) is 5.43 Å². The van der Waals surface area contributed by atoms with Crippen molar-refractivity contribution in [3.05, 3.63) is 66.2 Å². The van der Waals surface area contributed by atoms with Gasteiger partial charge >= 0.3 is 0 Å². The molecule has 0 saturated heterocycles. The molecule has 168 valence electrons. The average molecular weight is 444 g/mol. The van der Waals surface area contributed by atoms with Gasteiger partial charge in [-0.05, 0) is 48.0 Å². The number of ether oxygens (including phenoxy) is 2. The summed E-state index contributed by atoms with van der Waals surface area (Å²) in [7, 11) is 0. The van der Waals surface area contributed by atoms with Crippen LogP contribution in [0.2, 0.25) is 0 Å². The van der Waals surface area contributed by atoms with E-state index in [1.54, 1.807) is 24.3 Å². The molecule has 0 saturated carbocycles. The number of carbonyl (C=O) groups excluding carboxylic acids is 2. The molecule has 2 N–H and O–H groups in total. The zero-order valence-corrected chi connectivity index (χ0v) is 18.3. The summed E-state index contributed by atoms with van der Waals surface area (Å²) in [5.74, 6) is 3.09. The minimum Gasteiger partial charge on any atom is -0.494 e. The van der Waals surface area contributed by atoms with Crippen LogP contribution in [0, 0.1) is 12.3 Å². The highest BCUT2D eigenvalue weighted by Gasteiger charge is 2.09. The number of nitrogens with zero attached hydrogens (tertiary/aromatic N) is 1. The van der Waals surface area contributed by atoms with Crippen LogP contribution in [0.4, 0.5) is 5.69 Å². The van der Waals surface area contributed by atoms with Gasteiger partial charge in [0.25, 0.3) is 0 Å². The van der Waals surface area contributed by atoms with Gasteiger partial charge in [0.2, 0.25) is 11.8 Å². The Hall–Kier alpha value is -4.31. The second kappa shape index (κ2) is 11.9. The van der Waals surface area contributed by atoms with Crippen LogP contribution in [-0.4, -0.2) is 31.2 Å². The van der Waals surface area contributed by atoms with Gasteiger partial charge in [-0.2, -0.15) is 5.10 Å². The van der Waals surface area contributed by atoms with Crippen LogP contribution < -0.4 is 20.2 Å². The summed E-state index contributed by atoms with van der Waals surface area (Å²) in [5, 5.41) is 8.72. The average Bonchev–Trinajstić information content (AvgIpc) is 2.83.